The molecule has 0 bridgehead atoms. The van der Waals surface area contributed by atoms with E-state index < -0.39 is 0 Å². The molecule has 0 spiro atoms. The van der Waals surface area contributed by atoms with Crippen LogP contribution in [0.3, 0.4) is 0 Å². The molecule has 0 heterocycles. The van der Waals surface area contributed by atoms with Gasteiger partial charge in [-0.25, -0.2) is 0 Å². The van der Waals surface area contributed by atoms with Gasteiger partial charge in [-0.2, -0.15) is 24.3 Å². The molecular weight excluding hydrogens is 379 g/mol. The molecule has 0 atom stereocenters. The first kappa shape index (κ1) is 25.5. The van der Waals surface area contributed by atoms with Gasteiger partial charge < -0.3 is 14.9 Å². The van der Waals surface area contributed by atoms with Gasteiger partial charge in [-0.1, -0.05) is 23.3 Å². The molecule has 4 rings (SSSR count). The predicted octanol–water partition coefficient (Wildman–Crippen LogP) is 7.43. The SMILES string of the molecule is C=C.Cc1ccc2cc[cH-]c2c1.Cc1ccc2cc[cH-]c2c1.[CH3-].[CH3-].[Zr+4]. The zero-order valence-electron chi connectivity index (χ0n) is 15.8. The van der Waals surface area contributed by atoms with Crippen LogP contribution in [-0.4, -0.2) is 0 Å². The molecule has 0 aliphatic rings. The molecule has 0 aliphatic carbocycles. The Morgan fingerprint density at radius 2 is 1.00 bits per heavy atom. The Hall–Kier alpha value is -1.72. The zero-order valence-corrected chi connectivity index (χ0v) is 18.3. The van der Waals surface area contributed by atoms with E-state index in [2.05, 4.69) is 99.8 Å². The van der Waals surface area contributed by atoms with Gasteiger partial charge in [-0.05, 0) is 13.8 Å². The molecule has 0 unspecified atom stereocenters. The number of fused-ring (bicyclic) bond motifs is 2. The summed E-state index contributed by atoms with van der Waals surface area (Å²) in [6, 6.07) is 25.7. The van der Waals surface area contributed by atoms with E-state index in [0.717, 1.165) is 0 Å². The average Bonchev–Trinajstić information content (AvgIpc) is 3.17. The molecule has 0 radical (unpaired) electrons. The Labute approximate surface area is 173 Å². The Morgan fingerprint density at radius 1 is 0.640 bits per heavy atom. The third-order valence-electron chi connectivity index (χ3n) is 3.59. The molecule has 0 fully saturated rings. The van der Waals surface area contributed by atoms with Crippen molar-refractivity contribution in [1.82, 2.24) is 0 Å². The topological polar surface area (TPSA) is 0 Å². The van der Waals surface area contributed by atoms with Crippen molar-refractivity contribution < 1.29 is 26.2 Å². The van der Waals surface area contributed by atoms with Crippen molar-refractivity contribution in [3.8, 4) is 0 Å². The van der Waals surface area contributed by atoms with Gasteiger partial charge in [0.05, 0.1) is 0 Å². The molecule has 0 aromatic heterocycles. The third kappa shape index (κ3) is 6.96. The number of hydrogen-bond donors (Lipinski definition) is 0. The summed E-state index contributed by atoms with van der Waals surface area (Å²) in [5.41, 5.74) is 2.66. The summed E-state index contributed by atoms with van der Waals surface area (Å²) in [5, 5.41) is 5.37. The smallest absolute Gasteiger partial charge is 0.358 e. The first-order valence-electron chi connectivity index (χ1n) is 7.46. The second-order valence-electron chi connectivity index (χ2n) is 5.32. The summed E-state index contributed by atoms with van der Waals surface area (Å²) in [5.74, 6) is 0. The monoisotopic (exact) mass is 406 g/mol. The van der Waals surface area contributed by atoms with E-state index in [9.17, 15) is 0 Å². The molecule has 0 aliphatic heterocycles. The maximum atomic E-state index is 3.00. The van der Waals surface area contributed by atoms with E-state index in [-0.39, 0.29) is 41.1 Å². The minimum absolute atomic E-state index is 0. The van der Waals surface area contributed by atoms with Crippen LogP contribution in [0.1, 0.15) is 11.1 Å². The fraction of sp³-hybridized carbons (Fsp3) is 0.0833. The van der Waals surface area contributed by atoms with Crippen LogP contribution in [0.4, 0.5) is 0 Å². The number of hydrogen-bond acceptors (Lipinski definition) is 0. The third-order valence-corrected chi connectivity index (χ3v) is 3.59. The molecule has 0 amide bonds. The van der Waals surface area contributed by atoms with Crippen molar-refractivity contribution in [2.45, 2.75) is 13.8 Å². The Balaban J connectivity index is 0. The van der Waals surface area contributed by atoms with Crippen LogP contribution in [0.2, 0.25) is 0 Å². The van der Waals surface area contributed by atoms with Gasteiger partial charge in [-0.3, -0.25) is 0 Å². The number of aryl methyl sites for hydroxylation is 2. The molecule has 25 heavy (non-hydrogen) atoms. The number of benzene rings is 2. The fourth-order valence-corrected chi connectivity index (χ4v) is 2.49. The Kier molecular flexibility index (Phi) is 12.9. The van der Waals surface area contributed by atoms with Gasteiger partial charge in [0.25, 0.3) is 0 Å². The first-order chi connectivity index (χ1) is 10.7. The van der Waals surface area contributed by atoms with Crippen LogP contribution >= 0.6 is 0 Å². The first-order valence-corrected chi connectivity index (χ1v) is 7.46. The van der Waals surface area contributed by atoms with Crippen molar-refractivity contribution in [3.05, 3.63) is 112 Å². The number of rotatable bonds is 0. The standard InChI is InChI=1S/2C10H9.C2H4.2CH3.Zr/c2*1-8-5-6-9-3-2-4-10(9)7-8;1-2;;;/h2*2-7H,1H3;1-2H2;2*1H3;/q2*-1;;2*-1;+4. The van der Waals surface area contributed by atoms with Crippen molar-refractivity contribution in [1.29, 1.82) is 0 Å². The van der Waals surface area contributed by atoms with E-state index in [1.807, 2.05) is 0 Å². The largest absolute Gasteiger partial charge is 4.00 e. The van der Waals surface area contributed by atoms with Crippen LogP contribution in [0, 0.1) is 28.7 Å². The van der Waals surface area contributed by atoms with Gasteiger partial charge in [-0.15, -0.1) is 71.1 Å². The molecular formula is C24H28Zr. The molecule has 128 valence electrons. The normalized spacial score (nSPS) is 8.56. The summed E-state index contributed by atoms with van der Waals surface area (Å²) < 4.78 is 0. The Morgan fingerprint density at radius 3 is 1.36 bits per heavy atom. The maximum absolute atomic E-state index is 3.00. The van der Waals surface area contributed by atoms with Gasteiger partial charge in [0, 0.05) is 0 Å². The van der Waals surface area contributed by atoms with Crippen LogP contribution in [0.25, 0.3) is 21.5 Å². The predicted molar refractivity (Wildman–Crippen MR) is 113 cm³/mol. The molecule has 0 nitrogen and oxygen atoms in total. The van der Waals surface area contributed by atoms with Crippen molar-refractivity contribution in [2.24, 2.45) is 0 Å². The van der Waals surface area contributed by atoms with Crippen LogP contribution in [0.15, 0.2) is 86.0 Å². The van der Waals surface area contributed by atoms with Crippen molar-refractivity contribution >= 4 is 21.5 Å². The molecule has 4 aromatic carbocycles. The summed E-state index contributed by atoms with van der Waals surface area (Å²) in [7, 11) is 0. The minimum Gasteiger partial charge on any atom is -0.358 e. The fourth-order valence-electron chi connectivity index (χ4n) is 2.49. The van der Waals surface area contributed by atoms with E-state index in [1.165, 1.54) is 32.7 Å². The second kappa shape index (κ2) is 12.6. The maximum Gasteiger partial charge on any atom is 4.00 e. The van der Waals surface area contributed by atoms with Gasteiger partial charge >= 0.3 is 26.2 Å². The van der Waals surface area contributed by atoms with Crippen LogP contribution in [-0.2, 0) is 26.2 Å². The van der Waals surface area contributed by atoms with E-state index >= 15 is 0 Å². The van der Waals surface area contributed by atoms with E-state index in [4.69, 9.17) is 0 Å². The zero-order chi connectivity index (χ0) is 15.9. The van der Waals surface area contributed by atoms with Gasteiger partial charge in [0.1, 0.15) is 0 Å². The van der Waals surface area contributed by atoms with E-state index in [1.54, 1.807) is 0 Å². The van der Waals surface area contributed by atoms with Crippen LogP contribution in [0.5, 0.6) is 0 Å². The molecule has 0 saturated carbocycles. The quantitative estimate of drug-likeness (QED) is 0.210. The molecule has 0 N–H and O–H groups in total. The summed E-state index contributed by atoms with van der Waals surface area (Å²) in [4.78, 5) is 0. The average molecular weight is 408 g/mol. The molecule has 0 saturated heterocycles. The molecule has 1 heteroatoms. The summed E-state index contributed by atoms with van der Waals surface area (Å²) in [6.45, 7) is 10.2. The second-order valence-corrected chi connectivity index (χ2v) is 5.32. The molecule has 4 aromatic rings. The van der Waals surface area contributed by atoms with Crippen molar-refractivity contribution in [3.63, 3.8) is 0 Å². The summed E-state index contributed by atoms with van der Waals surface area (Å²) >= 11 is 0. The van der Waals surface area contributed by atoms with Crippen LogP contribution < -0.4 is 0 Å². The Bertz CT molecular complexity index is 776. The van der Waals surface area contributed by atoms with Gasteiger partial charge in [0.2, 0.25) is 0 Å². The van der Waals surface area contributed by atoms with Crippen molar-refractivity contribution in [2.75, 3.05) is 0 Å². The summed E-state index contributed by atoms with van der Waals surface area (Å²) in [6.07, 6.45) is 0. The van der Waals surface area contributed by atoms with Gasteiger partial charge in [0.15, 0.2) is 0 Å². The minimum atomic E-state index is 0. The van der Waals surface area contributed by atoms with E-state index in [0.29, 0.717) is 0 Å².